The van der Waals surface area contributed by atoms with Crippen LogP contribution in [0.5, 0.6) is 0 Å². The Hall–Kier alpha value is -2.50. The molecule has 0 fully saturated rings. The molecule has 0 saturated carbocycles. The number of amides is 2. The summed E-state index contributed by atoms with van der Waals surface area (Å²) >= 11 is 1.19. The van der Waals surface area contributed by atoms with Crippen molar-refractivity contribution >= 4 is 17.8 Å². The molecule has 6 nitrogen and oxygen atoms in total. The minimum absolute atomic E-state index is 0.316. The maximum absolute atomic E-state index is 13.1. The van der Waals surface area contributed by atoms with E-state index in [1.54, 1.807) is 18.2 Å². The average Bonchev–Trinajstić information content (AvgIpc) is 2.91. The lowest BCUT2D eigenvalue weighted by molar-refractivity contribution is -0.0536. The van der Waals surface area contributed by atoms with Gasteiger partial charge in [-0.15, -0.1) is 0 Å². The monoisotopic (exact) mass is 321 g/mol. The summed E-state index contributed by atoms with van der Waals surface area (Å²) in [5, 5.41) is 10.1. The number of hydrogen-bond donors (Lipinski definition) is 2. The standard InChI is InChI=1S/C14H12FN3O3S/c1-9(18(20)14(16)19)5-6-10-11(7-8-21-10)22-13-4-2-3-12(15)17-13/h2-4,7-9,20H,1H3,(H2,16,19). The molecule has 1 atom stereocenters. The molecule has 0 aromatic carbocycles. The highest BCUT2D eigenvalue weighted by Crippen LogP contribution is 2.29. The van der Waals surface area contributed by atoms with Crippen LogP contribution in [0.4, 0.5) is 9.18 Å². The van der Waals surface area contributed by atoms with Crippen LogP contribution >= 0.6 is 11.8 Å². The zero-order chi connectivity index (χ0) is 16.1. The topological polar surface area (TPSA) is 92.6 Å². The summed E-state index contributed by atoms with van der Waals surface area (Å²) in [6.45, 7) is 1.50. The number of carbonyl (C=O) groups excluding carboxylic acids is 1. The van der Waals surface area contributed by atoms with E-state index < -0.39 is 18.0 Å². The van der Waals surface area contributed by atoms with E-state index in [2.05, 4.69) is 16.8 Å². The highest BCUT2D eigenvalue weighted by molar-refractivity contribution is 7.99. The first-order valence-corrected chi connectivity index (χ1v) is 6.96. The van der Waals surface area contributed by atoms with E-state index in [4.69, 9.17) is 10.2 Å². The maximum atomic E-state index is 13.1. The van der Waals surface area contributed by atoms with Crippen LogP contribution in [0.2, 0.25) is 0 Å². The minimum Gasteiger partial charge on any atom is -0.455 e. The molecule has 2 aromatic heterocycles. The summed E-state index contributed by atoms with van der Waals surface area (Å²) in [5.41, 5.74) is 4.93. The molecule has 114 valence electrons. The van der Waals surface area contributed by atoms with Crippen LogP contribution in [-0.2, 0) is 0 Å². The highest BCUT2D eigenvalue weighted by atomic mass is 32.2. The number of pyridine rings is 1. The second kappa shape index (κ2) is 6.98. The van der Waals surface area contributed by atoms with Crippen molar-refractivity contribution in [1.29, 1.82) is 0 Å². The number of nitrogens with two attached hydrogens (primary N) is 1. The Balaban J connectivity index is 2.15. The molecule has 0 bridgehead atoms. The van der Waals surface area contributed by atoms with E-state index in [0.717, 1.165) is 0 Å². The predicted molar refractivity (Wildman–Crippen MR) is 76.6 cm³/mol. The molecule has 0 aliphatic carbocycles. The van der Waals surface area contributed by atoms with Gasteiger partial charge in [-0.25, -0.2) is 9.78 Å². The lowest BCUT2D eigenvalue weighted by Gasteiger charge is -2.14. The number of primary amides is 1. The molecule has 8 heteroatoms. The molecule has 0 radical (unpaired) electrons. The van der Waals surface area contributed by atoms with E-state index >= 15 is 0 Å². The fourth-order valence-electron chi connectivity index (χ4n) is 1.45. The number of carbonyl (C=O) groups is 1. The third-order valence-electron chi connectivity index (χ3n) is 2.52. The van der Waals surface area contributed by atoms with Gasteiger partial charge in [-0.3, -0.25) is 5.21 Å². The van der Waals surface area contributed by atoms with Crippen LogP contribution in [0.1, 0.15) is 12.7 Å². The molecular weight excluding hydrogens is 309 g/mol. The largest absolute Gasteiger partial charge is 0.455 e. The Kier molecular flexibility index (Phi) is 5.04. The third-order valence-corrected chi connectivity index (χ3v) is 3.50. The van der Waals surface area contributed by atoms with Crippen LogP contribution in [0.25, 0.3) is 0 Å². The molecular formula is C14H12FN3O3S. The number of hydroxylamine groups is 2. The summed E-state index contributed by atoms with van der Waals surface area (Å²) in [6, 6.07) is 4.32. The molecule has 2 rings (SSSR count). The molecule has 0 spiro atoms. The number of hydrogen-bond acceptors (Lipinski definition) is 5. The van der Waals surface area contributed by atoms with Gasteiger partial charge in [0.05, 0.1) is 11.2 Å². The number of aromatic nitrogens is 1. The van der Waals surface area contributed by atoms with Crippen LogP contribution < -0.4 is 5.73 Å². The molecule has 0 aliphatic heterocycles. The van der Waals surface area contributed by atoms with Crippen molar-refractivity contribution < 1.29 is 18.8 Å². The number of nitrogens with zero attached hydrogens (tertiary/aromatic N) is 2. The van der Waals surface area contributed by atoms with Crippen molar-refractivity contribution in [2.75, 3.05) is 0 Å². The number of rotatable bonds is 3. The Morgan fingerprint density at radius 1 is 1.55 bits per heavy atom. The lowest BCUT2D eigenvalue weighted by atomic mass is 10.3. The second-order valence-electron chi connectivity index (χ2n) is 4.14. The van der Waals surface area contributed by atoms with Crippen molar-refractivity contribution in [3.8, 4) is 11.8 Å². The normalized spacial score (nSPS) is 11.4. The maximum Gasteiger partial charge on any atom is 0.339 e. The zero-order valence-corrected chi connectivity index (χ0v) is 12.3. The summed E-state index contributed by atoms with van der Waals surface area (Å²) in [4.78, 5) is 15.2. The molecule has 0 aliphatic rings. The molecule has 2 aromatic rings. The molecule has 22 heavy (non-hydrogen) atoms. The summed E-state index contributed by atoms with van der Waals surface area (Å²) < 4.78 is 18.3. The Labute approximate surface area is 130 Å². The van der Waals surface area contributed by atoms with Crippen molar-refractivity contribution in [1.82, 2.24) is 10.0 Å². The Morgan fingerprint density at radius 3 is 3.00 bits per heavy atom. The van der Waals surface area contributed by atoms with Gasteiger partial charge < -0.3 is 10.2 Å². The van der Waals surface area contributed by atoms with Gasteiger partial charge in [0, 0.05) is 0 Å². The first kappa shape index (κ1) is 15.9. The fraction of sp³-hybridized carbons (Fsp3) is 0.143. The second-order valence-corrected chi connectivity index (χ2v) is 5.20. The van der Waals surface area contributed by atoms with Crippen LogP contribution in [0.3, 0.4) is 0 Å². The minimum atomic E-state index is -1.00. The first-order valence-electron chi connectivity index (χ1n) is 6.14. The van der Waals surface area contributed by atoms with Gasteiger partial charge in [-0.1, -0.05) is 23.7 Å². The van der Waals surface area contributed by atoms with Gasteiger partial charge in [-0.05, 0) is 31.0 Å². The van der Waals surface area contributed by atoms with Gasteiger partial charge >= 0.3 is 6.03 Å². The van der Waals surface area contributed by atoms with Crippen LogP contribution in [-0.4, -0.2) is 27.3 Å². The zero-order valence-electron chi connectivity index (χ0n) is 11.5. The van der Waals surface area contributed by atoms with Gasteiger partial charge in [-0.2, -0.15) is 9.45 Å². The van der Waals surface area contributed by atoms with E-state index in [1.165, 1.54) is 31.0 Å². The Bertz CT molecular complexity index is 738. The van der Waals surface area contributed by atoms with Gasteiger partial charge in [0.2, 0.25) is 5.95 Å². The van der Waals surface area contributed by atoms with Crippen molar-refractivity contribution in [3.63, 3.8) is 0 Å². The quantitative estimate of drug-likeness (QED) is 0.392. The summed E-state index contributed by atoms with van der Waals surface area (Å²) in [7, 11) is 0. The number of urea groups is 1. The predicted octanol–water partition coefficient (Wildman–Crippen LogP) is 2.47. The SMILES string of the molecule is CC(C#Cc1occc1Sc1cccc(F)n1)N(O)C(N)=O. The van der Waals surface area contributed by atoms with Crippen molar-refractivity contribution in [2.24, 2.45) is 5.73 Å². The van der Waals surface area contributed by atoms with Crippen LogP contribution in [0, 0.1) is 17.8 Å². The van der Waals surface area contributed by atoms with Gasteiger partial charge in [0.15, 0.2) is 5.76 Å². The number of halogens is 1. The van der Waals surface area contributed by atoms with E-state index in [1.807, 2.05) is 0 Å². The summed E-state index contributed by atoms with van der Waals surface area (Å²) in [6.07, 6.45) is 1.43. The van der Waals surface area contributed by atoms with Crippen molar-refractivity contribution in [3.05, 3.63) is 42.2 Å². The number of furan rings is 1. The third kappa shape index (κ3) is 4.00. The molecule has 2 amide bonds. The smallest absolute Gasteiger partial charge is 0.339 e. The lowest BCUT2D eigenvalue weighted by Crippen LogP contribution is -2.38. The molecule has 3 N–H and O–H groups in total. The van der Waals surface area contributed by atoms with E-state index in [9.17, 15) is 14.4 Å². The van der Waals surface area contributed by atoms with Gasteiger partial charge in [0.1, 0.15) is 11.1 Å². The van der Waals surface area contributed by atoms with Crippen LogP contribution in [0.15, 0.2) is 44.9 Å². The fourth-order valence-corrected chi connectivity index (χ4v) is 2.27. The van der Waals surface area contributed by atoms with E-state index in [-0.39, 0.29) is 0 Å². The van der Waals surface area contributed by atoms with Gasteiger partial charge in [0.25, 0.3) is 0 Å². The summed E-state index contributed by atoms with van der Waals surface area (Å²) in [5.74, 6) is 5.07. The average molecular weight is 321 g/mol. The van der Waals surface area contributed by atoms with E-state index in [0.29, 0.717) is 20.7 Å². The molecule has 1 unspecified atom stereocenters. The molecule has 0 saturated heterocycles. The Morgan fingerprint density at radius 2 is 2.32 bits per heavy atom. The van der Waals surface area contributed by atoms with Crippen molar-refractivity contribution in [2.45, 2.75) is 22.9 Å². The highest BCUT2D eigenvalue weighted by Gasteiger charge is 2.13. The molecule has 2 heterocycles. The first-order chi connectivity index (χ1) is 10.5.